The molecule has 0 atom stereocenters. The lowest BCUT2D eigenvalue weighted by Gasteiger charge is -2.27. The number of piperazine rings is 1. The normalized spacial score (nSPS) is 17.8. The van der Waals surface area contributed by atoms with Gasteiger partial charge in [0.1, 0.15) is 0 Å². The quantitative estimate of drug-likeness (QED) is 0.830. The van der Waals surface area contributed by atoms with Crippen LogP contribution in [0.25, 0.3) is 5.57 Å². The fourth-order valence-electron chi connectivity index (χ4n) is 2.81. The van der Waals surface area contributed by atoms with Crippen LogP contribution in [0.4, 0.5) is 0 Å². The van der Waals surface area contributed by atoms with Crippen LogP contribution in [0, 0.1) is 0 Å². The second-order valence-electron chi connectivity index (χ2n) is 5.53. The standard InChI is InChI=1S/C19H26N2/c1-4-7-16(3)19(5-2)18-9-6-8-17(14-18)15-21-12-10-20-11-13-21/h4-9,14,20H,2,10-13,15H2,1,3H3/b7-4-,19-16+. The van der Waals surface area contributed by atoms with Crippen LogP contribution < -0.4 is 5.32 Å². The fraction of sp³-hybridized carbons (Fsp3) is 0.368. The molecule has 0 bridgehead atoms. The Morgan fingerprint density at radius 2 is 2.10 bits per heavy atom. The molecule has 1 fully saturated rings. The minimum absolute atomic E-state index is 1.03. The van der Waals surface area contributed by atoms with Crippen molar-refractivity contribution in [2.75, 3.05) is 26.2 Å². The summed E-state index contributed by atoms with van der Waals surface area (Å²) in [5, 5.41) is 3.40. The van der Waals surface area contributed by atoms with Crippen LogP contribution >= 0.6 is 0 Å². The van der Waals surface area contributed by atoms with Gasteiger partial charge in [-0.05, 0) is 42.2 Å². The molecule has 1 aliphatic heterocycles. The summed E-state index contributed by atoms with van der Waals surface area (Å²) in [7, 11) is 0. The van der Waals surface area contributed by atoms with Gasteiger partial charge in [0.15, 0.2) is 0 Å². The highest BCUT2D eigenvalue weighted by atomic mass is 15.2. The van der Waals surface area contributed by atoms with E-state index in [4.69, 9.17) is 0 Å². The molecule has 21 heavy (non-hydrogen) atoms. The van der Waals surface area contributed by atoms with Gasteiger partial charge in [0, 0.05) is 32.7 Å². The van der Waals surface area contributed by atoms with Gasteiger partial charge in [0.05, 0.1) is 0 Å². The van der Waals surface area contributed by atoms with Crippen LogP contribution in [-0.2, 0) is 6.54 Å². The fourth-order valence-corrected chi connectivity index (χ4v) is 2.81. The molecule has 0 amide bonds. The van der Waals surface area contributed by atoms with E-state index in [1.807, 2.05) is 13.0 Å². The first kappa shape index (κ1) is 15.7. The minimum atomic E-state index is 1.03. The Kier molecular flexibility index (Phi) is 5.97. The molecular formula is C19H26N2. The SMILES string of the molecule is C=C/C(=C(C)\C=C/C)c1cccc(CN2CCNCC2)c1. The Bertz CT molecular complexity index is 534. The topological polar surface area (TPSA) is 15.3 Å². The Hall–Kier alpha value is -1.64. The molecule has 2 heteroatoms. The summed E-state index contributed by atoms with van der Waals surface area (Å²) in [6.07, 6.45) is 6.17. The summed E-state index contributed by atoms with van der Waals surface area (Å²) in [5.74, 6) is 0. The third kappa shape index (κ3) is 4.42. The van der Waals surface area contributed by atoms with Crippen molar-refractivity contribution in [3.63, 3.8) is 0 Å². The molecular weight excluding hydrogens is 256 g/mol. The first-order valence-electron chi connectivity index (χ1n) is 7.73. The Morgan fingerprint density at radius 1 is 1.33 bits per heavy atom. The van der Waals surface area contributed by atoms with Crippen LogP contribution in [-0.4, -0.2) is 31.1 Å². The number of allylic oxidation sites excluding steroid dienone is 5. The summed E-state index contributed by atoms with van der Waals surface area (Å²) in [6, 6.07) is 8.84. The van der Waals surface area contributed by atoms with Gasteiger partial charge in [-0.3, -0.25) is 4.90 Å². The number of hydrogen-bond acceptors (Lipinski definition) is 2. The smallest absolute Gasteiger partial charge is 0.0235 e. The van der Waals surface area contributed by atoms with Gasteiger partial charge in [-0.1, -0.05) is 43.0 Å². The van der Waals surface area contributed by atoms with E-state index in [2.05, 4.69) is 60.1 Å². The zero-order valence-electron chi connectivity index (χ0n) is 13.2. The van der Waals surface area contributed by atoms with Crippen molar-refractivity contribution >= 4 is 5.57 Å². The van der Waals surface area contributed by atoms with E-state index in [0.717, 1.165) is 32.7 Å². The number of nitrogens with zero attached hydrogens (tertiary/aromatic N) is 1. The van der Waals surface area contributed by atoms with Gasteiger partial charge in [0.2, 0.25) is 0 Å². The molecule has 112 valence electrons. The van der Waals surface area contributed by atoms with Crippen molar-refractivity contribution in [2.24, 2.45) is 0 Å². The second-order valence-corrected chi connectivity index (χ2v) is 5.53. The van der Waals surface area contributed by atoms with Crippen molar-refractivity contribution in [1.82, 2.24) is 10.2 Å². The van der Waals surface area contributed by atoms with Gasteiger partial charge in [-0.15, -0.1) is 0 Å². The molecule has 1 aliphatic rings. The van der Waals surface area contributed by atoms with Crippen LogP contribution in [0.3, 0.4) is 0 Å². The lowest BCUT2D eigenvalue weighted by molar-refractivity contribution is 0.233. The highest BCUT2D eigenvalue weighted by Crippen LogP contribution is 2.22. The molecule has 1 N–H and O–H groups in total. The Balaban J connectivity index is 2.20. The molecule has 0 aliphatic carbocycles. The average Bonchev–Trinajstić information content (AvgIpc) is 2.50. The van der Waals surface area contributed by atoms with Crippen molar-refractivity contribution in [3.8, 4) is 0 Å². The van der Waals surface area contributed by atoms with Gasteiger partial charge in [-0.2, -0.15) is 0 Å². The molecule has 0 radical (unpaired) electrons. The van der Waals surface area contributed by atoms with Crippen LogP contribution in [0.2, 0.25) is 0 Å². The van der Waals surface area contributed by atoms with Gasteiger partial charge >= 0.3 is 0 Å². The first-order valence-corrected chi connectivity index (χ1v) is 7.73. The zero-order chi connectivity index (χ0) is 15.1. The molecule has 1 saturated heterocycles. The van der Waals surface area contributed by atoms with Gasteiger partial charge in [0.25, 0.3) is 0 Å². The summed E-state index contributed by atoms with van der Waals surface area (Å²) in [5.41, 5.74) is 5.11. The summed E-state index contributed by atoms with van der Waals surface area (Å²) >= 11 is 0. The van der Waals surface area contributed by atoms with Crippen molar-refractivity contribution in [2.45, 2.75) is 20.4 Å². The molecule has 1 aromatic carbocycles. The molecule has 0 unspecified atom stereocenters. The third-order valence-electron chi connectivity index (χ3n) is 3.90. The molecule has 1 aromatic rings. The number of benzene rings is 1. The number of rotatable bonds is 5. The van der Waals surface area contributed by atoms with Crippen molar-refractivity contribution in [1.29, 1.82) is 0 Å². The summed E-state index contributed by atoms with van der Waals surface area (Å²) in [6.45, 7) is 13.6. The van der Waals surface area contributed by atoms with E-state index in [1.165, 1.54) is 22.3 Å². The number of nitrogens with one attached hydrogen (secondary N) is 1. The zero-order valence-corrected chi connectivity index (χ0v) is 13.2. The molecule has 0 saturated carbocycles. The largest absolute Gasteiger partial charge is 0.314 e. The highest BCUT2D eigenvalue weighted by Gasteiger charge is 2.10. The predicted molar refractivity (Wildman–Crippen MR) is 92.2 cm³/mol. The third-order valence-corrected chi connectivity index (χ3v) is 3.90. The number of hydrogen-bond donors (Lipinski definition) is 1. The average molecular weight is 282 g/mol. The van der Waals surface area contributed by atoms with Crippen molar-refractivity contribution in [3.05, 3.63) is 65.8 Å². The molecule has 1 heterocycles. The Labute approximate surface area is 128 Å². The lowest BCUT2D eigenvalue weighted by atomic mass is 9.98. The molecule has 2 nitrogen and oxygen atoms in total. The molecule has 0 spiro atoms. The van der Waals surface area contributed by atoms with Crippen LogP contribution in [0.5, 0.6) is 0 Å². The Morgan fingerprint density at radius 3 is 2.76 bits per heavy atom. The van der Waals surface area contributed by atoms with Crippen LogP contribution in [0.1, 0.15) is 25.0 Å². The van der Waals surface area contributed by atoms with Crippen LogP contribution in [0.15, 0.2) is 54.6 Å². The maximum Gasteiger partial charge on any atom is 0.0235 e. The minimum Gasteiger partial charge on any atom is -0.314 e. The second kappa shape index (κ2) is 7.96. The van der Waals surface area contributed by atoms with E-state index in [9.17, 15) is 0 Å². The van der Waals surface area contributed by atoms with E-state index in [0.29, 0.717) is 0 Å². The summed E-state index contributed by atoms with van der Waals surface area (Å²) < 4.78 is 0. The molecule has 2 rings (SSSR count). The highest BCUT2D eigenvalue weighted by molar-refractivity contribution is 5.77. The maximum absolute atomic E-state index is 3.98. The van der Waals surface area contributed by atoms with E-state index in [1.54, 1.807) is 0 Å². The van der Waals surface area contributed by atoms with E-state index >= 15 is 0 Å². The monoisotopic (exact) mass is 282 g/mol. The van der Waals surface area contributed by atoms with Gasteiger partial charge in [-0.25, -0.2) is 0 Å². The predicted octanol–water partition coefficient (Wildman–Crippen LogP) is 3.63. The molecule has 0 aromatic heterocycles. The first-order chi connectivity index (χ1) is 10.2. The van der Waals surface area contributed by atoms with Gasteiger partial charge < -0.3 is 5.32 Å². The van der Waals surface area contributed by atoms with Crippen molar-refractivity contribution < 1.29 is 0 Å². The summed E-state index contributed by atoms with van der Waals surface area (Å²) in [4.78, 5) is 2.51. The lowest BCUT2D eigenvalue weighted by Crippen LogP contribution is -2.42. The van der Waals surface area contributed by atoms with E-state index < -0.39 is 0 Å². The maximum atomic E-state index is 3.98. The van der Waals surface area contributed by atoms with E-state index in [-0.39, 0.29) is 0 Å².